The number of rotatable bonds is 2. The Morgan fingerprint density at radius 3 is 2.82 bits per heavy atom. The molecule has 0 spiro atoms. The van der Waals surface area contributed by atoms with Crippen LogP contribution in [0.3, 0.4) is 0 Å². The molecule has 0 saturated carbocycles. The quantitative estimate of drug-likeness (QED) is 0.778. The molecule has 0 amide bonds. The van der Waals surface area contributed by atoms with Gasteiger partial charge in [-0.1, -0.05) is 18.7 Å². The molecule has 0 bridgehead atoms. The van der Waals surface area contributed by atoms with Crippen molar-refractivity contribution in [2.45, 2.75) is 6.92 Å². The van der Waals surface area contributed by atoms with Crippen LogP contribution in [0.2, 0.25) is 0 Å². The molecule has 112 valence electrons. The largest absolute Gasteiger partial charge is 0.338 e. The summed E-state index contributed by atoms with van der Waals surface area (Å²) in [5, 5.41) is 8.92. The van der Waals surface area contributed by atoms with Crippen LogP contribution in [0.1, 0.15) is 11.4 Å². The van der Waals surface area contributed by atoms with Gasteiger partial charge in [0, 0.05) is 31.6 Å². The van der Waals surface area contributed by atoms with E-state index in [2.05, 4.69) is 32.9 Å². The summed E-state index contributed by atoms with van der Waals surface area (Å²) in [5.74, 6) is 1.63. The lowest BCUT2D eigenvalue weighted by Crippen LogP contribution is -2.44. The molecule has 3 aromatic rings. The van der Waals surface area contributed by atoms with Crippen molar-refractivity contribution in [3.63, 3.8) is 0 Å². The van der Waals surface area contributed by atoms with Crippen molar-refractivity contribution in [1.82, 2.24) is 24.9 Å². The molecule has 1 saturated heterocycles. The predicted molar refractivity (Wildman–Crippen MR) is 88.2 cm³/mol. The van der Waals surface area contributed by atoms with Gasteiger partial charge in [0.1, 0.15) is 5.82 Å². The predicted octanol–water partition coefficient (Wildman–Crippen LogP) is 1.64. The molecule has 1 aliphatic rings. The van der Waals surface area contributed by atoms with Gasteiger partial charge in [0.25, 0.3) is 0 Å². The maximum Gasteiger partial charge on any atom is 0.229 e. The van der Waals surface area contributed by atoms with E-state index in [9.17, 15) is 0 Å². The Bertz CT molecular complexity index is 860. The number of nitrogens with zero attached hydrogens (tertiary/aromatic N) is 5. The van der Waals surface area contributed by atoms with Crippen molar-refractivity contribution in [2.24, 2.45) is 0 Å². The molecule has 4 rings (SSSR count). The smallest absolute Gasteiger partial charge is 0.229 e. The van der Waals surface area contributed by atoms with E-state index in [0.29, 0.717) is 0 Å². The second kappa shape index (κ2) is 5.06. The van der Waals surface area contributed by atoms with E-state index < -0.39 is 0 Å². The van der Waals surface area contributed by atoms with Crippen molar-refractivity contribution >= 4 is 28.6 Å². The van der Waals surface area contributed by atoms with Gasteiger partial charge in [-0.05, 0) is 24.6 Å². The lowest BCUT2D eigenvalue weighted by molar-refractivity contribution is 0.575. The fourth-order valence-corrected chi connectivity index (χ4v) is 2.91. The minimum atomic E-state index is 0.759. The van der Waals surface area contributed by atoms with Gasteiger partial charge in [0.15, 0.2) is 5.65 Å². The molecule has 3 heterocycles. The number of aromatic nitrogens is 4. The van der Waals surface area contributed by atoms with Gasteiger partial charge in [-0.15, -0.1) is 5.10 Å². The van der Waals surface area contributed by atoms with Crippen LogP contribution >= 0.6 is 0 Å². The molecule has 6 nitrogen and oxygen atoms in total. The first kappa shape index (κ1) is 13.2. The summed E-state index contributed by atoms with van der Waals surface area (Å²) in [4.78, 5) is 11.7. The molecule has 22 heavy (non-hydrogen) atoms. The Balaban J connectivity index is 2.01. The number of fused-ring (bicyclic) bond motifs is 3. The maximum absolute atomic E-state index is 4.84. The lowest BCUT2D eigenvalue weighted by atomic mass is 10.1. The standard InChI is InChI=1S/C16H18N6/c1-3-12-4-5-14-13(10-12)15-18-11(2)20-22(15)16(19-14)21-8-6-17-7-9-21/h3-5,10,17H,1,6-9H2,2H3. The molecule has 1 aromatic carbocycles. The Morgan fingerprint density at radius 2 is 2.05 bits per heavy atom. The number of hydrogen-bond acceptors (Lipinski definition) is 5. The fourth-order valence-electron chi connectivity index (χ4n) is 2.91. The normalized spacial score (nSPS) is 15.6. The van der Waals surface area contributed by atoms with Crippen molar-refractivity contribution in [2.75, 3.05) is 31.1 Å². The van der Waals surface area contributed by atoms with Crippen LogP contribution in [0.15, 0.2) is 24.8 Å². The molecule has 2 aromatic heterocycles. The number of piperazine rings is 1. The minimum Gasteiger partial charge on any atom is -0.338 e. The van der Waals surface area contributed by atoms with Crippen LogP contribution < -0.4 is 10.2 Å². The summed E-state index contributed by atoms with van der Waals surface area (Å²) < 4.78 is 1.87. The van der Waals surface area contributed by atoms with Crippen LogP contribution in [0.5, 0.6) is 0 Å². The minimum absolute atomic E-state index is 0.759. The van der Waals surface area contributed by atoms with E-state index in [1.165, 1.54) is 0 Å². The van der Waals surface area contributed by atoms with Gasteiger partial charge in [-0.25, -0.2) is 9.97 Å². The molecule has 1 fully saturated rings. The van der Waals surface area contributed by atoms with Gasteiger partial charge in [0.2, 0.25) is 5.95 Å². The van der Waals surface area contributed by atoms with Crippen molar-refractivity contribution in [3.8, 4) is 0 Å². The monoisotopic (exact) mass is 294 g/mol. The Kier molecular flexibility index (Phi) is 3.04. The Labute approximate surface area is 128 Å². The number of nitrogens with one attached hydrogen (secondary N) is 1. The van der Waals surface area contributed by atoms with E-state index in [1.807, 2.05) is 29.6 Å². The van der Waals surface area contributed by atoms with Crippen molar-refractivity contribution in [1.29, 1.82) is 0 Å². The lowest BCUT2D eigenvalue weighted by Gasteiger charge is -2.28. The van der Waals surface area contributed by atoms with Crippen LogP contribution in [0.4, 0.5) is 5.95 Å². The molecule has 0 aliphatic carbocycles. The Hall–Kier alpha value is -2.47. The second-order valence-corrected chi connectivity index (χ2v) is 5.52. The Morgan fingerprint density at radius 1 is 1.23 bits per heavy atom. The third kappa shape index (κ3) is 2.03. The molecular weight excluding hydrogens is 276 g/mol. The first-order valence-electron chi connectivity index (χ1n) is 7.51. The zero-order chi connectivity index (χ0) is 15.1. The number of aryl methyl sites for hydroxylation is 1. The third-order valence-electron chi connectivity index (χ3n) is 4.02. The fraction of sp³-hybridized carbons (Fsp3) is 0.312. The highest BCUT2D eigenvalue weighted by Gasteiger charge is 2.19. The first-order valence-corrected chi connectivity index (χ1v) is 7.51. The zero-order valence-corrected chi connectivity index (χ0v) is 12.6. The third-order valence-corrected chi connectivity index (χ3v) is 4.02. The van der Waals surface area contributed by atoms with Crippen LogP contribution in [0.25, 0.3) is 22.6 Å². The summed E-state index contributed by atoms with van der Waals surface area (Å²) in [5.41, 5.74) is 2.87. The molecule has 1 N–H and O–H groups in total. The molecule has 6 heteroatoms. The van der Waals surface area contributed by atoms with Gasteiger partial charge in [-0.3, -0.25) is 0 Å². The maximum atomic E-state index is 4.84. The van der Waals surface area contributed by atoms with Crippen molar-refractivity contribution in [3.05, 3.63) is 36.2 Å². The average molecular weight is 294 g/mol. The van der Waals surface area contributed by atoms with Crippen molar-refractivity contribution < 1.29 is 0 Å². The van der Waals surface area contributed by atoms with E-state index in [-0.39, 0.29) is 0 Å². The van der Waals surface area contributed by atoms with Gasteiger partial charge < -0.3 is 10.2 Å². The van der Waals surface area contributed by atoms with Crippen LogP contribution in [0, 0.1) is 6.92 Å². The highest BCUT2D eigenvalue weighted by atomic mass is 15.4. The highest BCUT2D eigenvalue weighted by Crippen LogP contribution is 2.24. The van der Waals surface area contributed by atoms with Gasteiger partial charge >= 0.3 is 0 Å². The van der Waals surface area contributed by atoms with E-state index in [4.69, 9.17) is 4.98 Å². The van der Waals surface area contributed by atoms with Gasteiger partial charge in [0.05, 0.1) is 5.52 Å². The summed E-state index contributed by atoms with van der Waals surface area (Å²) in [6.45, 7) is 9.53. The molecule has 0 radical (unpaired) electrons. The summed E-state index contributed by atoms with van der Waals surface area (Å²) >= 11 is 0. The number of hydrogen-bond donors (Lipinski definition) is 1. The van der Waals surface area contributed by atoms with Crippen LogP contribution in [-0.2, 0) is 0 Å². The highest BCUT2D eigenvalue weighted by molar-refractivity contribution is 5.93. The number of benzene rings is 1. The zero-order valence-electron chi connectivity index (χ0n) is 12.6. The molecule has 0 atom stereocenters. The summed E-state index contributed by atoms with van der Waals surface area (Å²) in [6, 6.07) is 6.13. The van der Waals surface area contributed by atoms with Gasteiger partial charge in [-0.2, -0.15) is 4.52 Å². The second-order valence-electron chi connectivity index (χ2n) is 5.52. The number of anilines is 1. The SMILES string of the molecule is C=Cc1ccc2nc(N3CCNCC3)n3nc(C)nc3c2c1. The topological polar surface area (TPSA) is 58.4 Å². The van der Waals surface area contributed by atoms with E-state index >= 15 is 0 Å². The first-order chi connectivity index (χ1) is 10.8. The van der Waals surface area contributed by atoms with E-state index in [0.717, 1.165) is 60.1 Å². The van der Waals surface area contributed by atoms with E-state index in [1.54, 1.807) is 0 Å². The molecule has 0 unspecified atom stereocenters. The molecule has 1 aliphatic heterocycles. The molecular formula is C16H18N6. The summed E-state index contributed by atoms with van der Waals surface area (Å²) in [6.07, 6.45) is 1.84. The summed E-state index contributed by atoms with van der Waals surface area (Å²) in [7, 11) is 0. The van der Waals surface area contributed by atoms with Crippen LogP contribution in [-0.4, -0.2) is 45.8 Å². The average Bonchev–Trinajstić information content (AvgIpc) is 2.96.